The molecule has 3 nitrogen and oxygen atoms in total. The van der Waals surface area contributed by atoms with E-state index in [1.165, 1.54) is 24.3 Å². The first-order valence-corrected chi connectivity index (χ1v) is 8.03. The van der Waals surface area contributed by atoms with Crippen molar-refractivity contribution in [2.24, 2.45) is 0 Å². The van der Waals surface area contributed by atoms with Gasteiger partial charge in [-0.05, 0) is 46.3 Å². The highest BCUT2D eigenvalue weighted by Gasteiger charge is 2.20. The van der Waals surface area contributed by atoms with Gasteiger partial charge >= 0.3 is 10.1 Å². The van der Waals surface area contributed by atoms with Crippen LogP contribution in [0.1, 0.15) is 0 Å². The summed E-state index contributed by atoms with van der Waals surface area (Å²) in [5, 5.41) is 0. The molecule has 0 aliphatic heterocycles. The lowest BCUT2D eigenvalue weighted by Gasteiger charge is -2.09. The fourth-order valence-corrected chi connectivity index (χ4v) is 3.74. The molecule has 0 spiro atoms. The molecule has 0 N–H and O–H groups in total. The zero-order valence-electron chi connectivity index (χ0n) is 9.31. The molecular formula is C12H7Br2FO3S. The first-order chi connectivity index (χ1) is 8.88. The van der Waals surface area contributed by atoms with Gasteiger partial charge in [-0.25, -0.2) is 4.39 Å². The summed E-state index contributed by atoms with van der Waals surface area (Å²) in [4.78, 5) is -0.0360. The second-order valence-electron chi connectivity index (χ2n) is 3.57. The van der Waals surface area contributed by atoms with Crippen molar-refractivity contribution < 1.29 is 17.0 Å². The molecule has 0 heterocycles. The molecule has 0 aliphatic rings. The van der Waals surface area contributed by atoms with Crippen LogP contribution in [0.15, 0.2) is 56.3 Å². The minimum absolute atomic E-state index is 0.0360. The molecule has 0 saturated carbocycles. The van der Waals surface area contributed by atoms with Gasteiger partial charge in [0.05, 0.1) is 0 Å². The van der Waals surface area contributed by atoms with E-state index in [0.29, 0.717) is 8.95 Å². The first kappa shape index (κ1) is 14.5. The summed E-state index contributed by atoms with van der Waals surface area (Å²) in [6.07, 6.45) is 0. The monoisotopic (exact) mass is 408 g/mol. The van der Waals surface area contributed by atoms with Crippen molar-refractivity contribution in [2.45, 2.75) is 4.90 Å². The van der Waals surface area contributed by atoms with E-state index < -0.39 is 15.9 Å². The van der Waals surface area contributed by atoms with Crippen LogP contribution in [-0.4, -0.2) is 8.42 Å². The molecule has 7 heteroatoms. The normalized spacial score (nSPS) is 11.3. The Balaban J connectivity index is 2.40. The summed E-state index contributed by atoms with van der Waals surface area (Å²) in [7, 11) is -4.03. The smallest absolute Gasteiger partial charge is 0.340 e. The fourth-order valence-electron chi connectivity index (χ4n) is 1.36. The van der Waals surface area contributed by atoms with Crippen LogP contribution in [0.4, 0.5) is 4.39 Å². The van der Waals surface area contributed by atoms with E-state index in [4.69, 9.17) is 4.18 Å². The Labute approximate surface area is 126 Å². The second-order valence-corrected chi connectivity index (χ2v) is 6.85. The third-order valence-electron chi connectivity index (χ3n) is 2.16. The number of halogens is 3. The van der Waals surface area contributed by atoms with E-state index in [9.17, 15) is 12.8 Å². The van der Waals surface area contributed by atoms with Crippen LogP contribution in [0.2, 0.25) is 0 Å². The van der Waals surface area contributed by atoms with Crippen molar-refractivity contribution in [2.75, 3.05) is 0 Å². The predicted molar refractivity (Wildman–Crippen MR) is 76.1 cm³/mol. The lowest BCUT2D eigenvalue weighted by molar-refractivity contribution is 0.482. The molecule has 0 radical (unpaired) electrons. The van der Waals surface area contributed by atoms with Crippen LogP contribution in [0.25, 0.3) is 0 Å². The van der Waals surface area contributed by atoms with E-state index in [2.05, 4.69) is 31.9 Å². The molecule has 0 bridgehead atoms. The van der Waals surface area contributed by atoms with Gasteiger partial charge in [0.2, 0.25) is 0 Å². The Morgan fingerprint density at radius 2 is 1.79 bits per heavy atom. The van der Waals surface area contributed by atoms with Crippen molar-refractivity contribution in [3.63, 3.8) is 0 Å². The Hall–Kier alpha value is -0.920. The SMILES string of the molecule is O=S(=O)(Oc1cccc(F)c1)c1cc(Br)ccc1Br. The minimum atomic E-state index is -4.03. The summed E-state index contributed by atoms with van der Waals surface area (Å²) in [5.41, 5.74) is 0. The third kappa shape index (κ3) is 3.55. The quantitative estimate of drug-likeness (QED) is 0.716. The van der Waals surface area contributed by atoms with E-state index in [0.717, 1.165) is 6.07 Å². The van der Waals surface area contributed by atoms with Gasteiger partial charge < -0.3 is 4.18 Å². The van der Waals surface area contributed by atoms with Gasteiger partial charge in [0, 0.05) is 15.0 Å². The number of rotatable bonds is 3. The first-order valence-electron chi connectivity index (χ1n) is 5.03. The zero-order chi connectivity index (χ0) is 14.0. The molecule has 0 amide bonds. The maximum Gasteiger partial charge on any atom is 0.340 e. The standard InChI is InChI=1S/C12H7Br2FO3S/c13-8-4-5-11(14)12(6-8)19(16,17)18-10-3-1-2-9(15)7-10/h1-7H. The van der Waals surface area contributed by atoms with Crippen molar-refractivity contribution in [3.05, 3.63) is 57.2 Å². The van der Waals surface area contributed by atoms with Crippen molar-refractivity contribution in [1.82, 2.24) is 0 Å². The van der Waals surface area contributed by atoms with E-state index in [1.807, 2.05) is 0 Å². The average Bonchev–Trinajstić information content (AvgIpc) is 2.31. The molecule has 0 fully saturated rings. The van der Waals surface area contributed by atoms with Gasteiger partial charge in [-0.3, -0.25) is 0 Å². The van der Waals surface area contributed by atoms with Crippen LogP contribution >= 0.6 is 31.9 Å². The molecule has 0 atom stereocenters. The van der Waals surface area contributed by atoms with Crippen LogP contribution in [-0.2, 0) is 10.1 Å². The van der Waals surface area contributed by atoms with Crippen LogP contribution in [0.5, 0.6) is 5.75 Å². The van der Waals surface area contributed by atoms with Crippen molar-refractivity contribution in [3.8, 4) is 5.75 Å². The second kappa shape index (κ2) is 5.60. The predicted octanol–water partition coefficient (Wildman–Crippen LogP) is 4.12. The average molecular weight is 410 g/mol. The molecule has 0 saturated heterocycles. The van der Waals surface area contributed by atoms with Crippen LogP contribution in [0, 0.1) is 5.82 Å². The molecule has 19 heavy (non-hydrogen) atoms. The van der Waals surface area contributed by atoms with Gasteiger partial charge in [0.25, 0.3) is 0 Å². The van der Waals surface area contributed by atoms with Crippen LogP contribution in [0.3, 0.4) is 0 Å². The molecule has 0 aromatic heterocycles. The van der Waals surface area contributed by atoms with E-state index in [-0.39, 0.29) is 10.6 Å². The van der Waals surface area contributed by atoms with Gasteiger partial charge in [0.15, 0.2) is 0 Å². The number of hydrogen-bond donors (Lipinski definition) is 0. The summed E-state index contributed by atoms with van der Waals surface area (Å²) in [6.45, 7) is 0. The van der Waals surface area contributed by atoms with Gasteiger partial charge in [-0.15, -0.1) is 0 Å². The maximum atomic E-state index is 13.0. The maximum absolute atomic E-state index is 13.0. The summed E-state index contributed by atoms with van der Waals surface area (Å²) in [5.74, 6) is -0.645. The van der Waals surface area contributed by atoms with Crippen molar-refractivity contribution >= 4 is 42.0 Å². The molecule has 0 aliphatic carbocycles. The highest BCUT2D eigenvalue weighted by molar-refractivity contribution is 9.11. The Morgan fingerprint density at radius 3 is 2.47 bits per heavy atom. The topological polar surface area (TPSA) is 43.4 Å². The summed E-state index contributed by atoms with van der Waals surface area (Å²) >= 11 is 6.32. The third-order valence-corrected chi connectivity index (χ3v) is 4.90. The molecule has 2 rings (SSSR count). The lowest BCUT2D eigenvalue weighted by Crippen LogP contribution is -2.10. The number of benzene rings is 2. The Kier molecular flexibility index (Phi) is 4.27. The number of hydrogen-bond acceptors (Lipinski definition) is 3. The molecule has 2 aromatic carbocycles. The van der Waals surface area contributed by atoms with Gasteiger partial charge in [-0.2, -0.15) is 8.42 Å². The minimum Gasteiger partial charge on any atom is -0.379 e. The highest BCUT2D eigenvalue weighted by atomic mass is 79.9. The Morgan fingerprint density at radius 1 is 1.05 bits per heavy atom. The highest BCUT2D eigenvalue weighted by Crippen LogP contribution is 2.28. The van der Waals surface area contributed by atoms with Gasteiger partial charge in [0.1, 0.15) is 16.5 Å². The largest absolute Gasteiger partial charge is 0.379 e. The summed E-state index contributed by atoms with van der Waals surface area (Å²) < 4.78 is 43.0. The van der Waals surface area contributed by atoms with Gasteiger partial charge in [-0.1, -0.05) is 22.0 Å². The molecular weight excluding hydrogens is 403 g/mol. The molecule has 2 aromatic rings. The van der Waals surface area contributed by atoms with Crippen LogP contribution < -0.4 is 4.18 Å². The van der Waals surface area contributed by atoms with Crippen molar-refractivity contribution in [1.29, 1.82) is 0 Å². The lowest BCUT2D eigenvalue weighted by atomic mass is 10.3. The molecule has 0 unspecified atom stereocenters. The molecule has 100 valence electrons. The summed E-state index contributed by atoms with van der Waals surface area (Å²) in [6, 6.07) is 9.61. The zero-order valence-corrected chi connectivity index (χ0v) is 13.3. The Bertz CT molecular complexity index is 717. The fraction of sp³-hybridized carbons (Fsp3) is 0. The van der Waals surface area contributed by atoms with E-state index >= 15 is 0 Å². The van der Waals surface area contributed by atoms with E-state index in [1.54, 1.807) is 12.1 Å².